The monoisotopic (exact) mass is 447 g/mol. The number of aromatic nitrogens is 1. The van der Waals surface area contributed by atoms with Crippen LogP contribution in [-0.4, -0.2) is 68.7 Å². The second-order valence-electron chi connectivity index (χ2n) is 8.76. The molecular formula is C22H26FN3O6. The average molecular weight is 447 g/mol. The van der Waals surface area contributed by atoms with Gasteiger partial charge in [0.1, 0.15) is 6.61 Å². The van der Waals surface area contributed by atoms with E-state index in [1.54, 1.807) is 11.0 Å². The fourth-order valence-electron chi connectivity index (χ4n) is 5.11. The molecule has 1 aromatic carbocycles. The molecule has 0 spiro atoms. The summed E-state index contributed by atoms with van der Waals surface area (Å²) in [5, 5.41) is 4.32. The van der Waals surface area contributed by atoms with E-state index in [1.165, 1.54) is 4.90 Å². The normalized spacial score (nSPS) is 27.2. The Kier molecular flexibility index (Phi) is 5.50. The molecule has 5 rings (SSSR count). The highest BCUT2D eigenvalue weighted by atomic mass is 19.1. The van der Waals surface area contributed by atoms with E-state index in [4.69, 9.17) is 18.7 Å². The van der Waals surface area contributed by atoms with Gasteiger partial charge in [-0.15, -0.1) is 0 Å². The van der Waals surface area contributed by atoms with Gasteiger partial charge >= 0.3 is 6.09 Å². The predicted molar refractivity (Wildman–Crippen MR) is 113 cm³/mol. The number of benzene rings is 1. The Labute approximate surface area is 184 Å². The molecule has 0 radical (unpaired) electrons. The van der Waals surface area contributed by atoms with Crippen LogP contribution in [0.4, 0.5) is 20.7 Å². The van der Waals surface area contributed by atoms with Crippen molar-refractivity contribution < 1.29 is 32.7 Å². The number of rotatable bonds is 4. The van der Waals surface area contributed by atoms with Crippen molar-refractivity contribution in [3.05, 3.63) is 17.4 Å². The highest BCUT2D eigenvalue weighted by molar-refractivity contribution is 6.03. The molecule has 0 aliphatic carbocycles. The number of carbonyl (C=O) groups excluding carboxylic acids is 2. The Morgan fingerprint density at radius 1 is 1.19 bits per heavy atom. The minimum absolute atomic E-state index is 0.0853. The molecule has 0 N–H and O–H groups in total. The SMILES string of the molecule is CC1CN(c2c(C=O)cc3c(N4C(=O)OCC4C4CCOCC4)noc3c2F)CC(C)O1. The van der Waals surface area contributed by atoms with Crippen LogP contribution in [0.1, 0.15) is 37.0 Å². The van der Waals surface area contributed by atoms with Gasteiger partial charge in [0.05, 0.1) is 29.3 Å². The van der Waals surface area contributed by atoms with Crippen LogP contribution < -0.4 is 9.80 Å². The molecule has 3 saturated heterocycles. The van der Waals surface area contributed by atoms with E-state index in [0.29, 0.717) is 32.6 Å². The Morgan fingerprint density at radius 2 is 1.91 bits per heavy atom. The summed E-state index contributed by atoms with van der Waals surface area (Å²) in [6.07, 6.45) is 1.43. The smallest absolute Gasteiger partial charge is 0.416 e. The van der Waals surface area contributed by atoms with Gasteiger partial charge in [-0.05, 0) is 38.7 Å². The summed E-state index contributed by atoms with van der Waals surface area (Å²) in [6, 6.07) is 1.30. The molecule has 172 valence electrons. The van der Waals surface area contributed by atoms with E-state index in [9.17, 15) is 9.59 Å². The summed E-state index contributed by atoms with van der Waals surface area (Å²) in [5.74, 6) is -0.316. The first kappa shape index (κ1) is 21.1. The molecular weight excluding hydrogens is 421 g/mol. The maximum Gasteiger partial charge on any atom is 0.416 e. The molecule has 32 heavy (non-hydrogen) atoms. The molecule has 0 saturated carbocycles. The highest BCUT2D eigenvalue weighted by Crippen LogP contribution is 2.40. The maximum atomic E-state index is 15.7. The van der Waals surface area contributed by atoms with Crippen molar-refractivity contribution >= 4 is 34.9 Å². The Morgan fingerprint density at radius 3 is 2.59 bits per heavy atom. The maximum absolute atomic E-state index is 15.7. The average Bonchev–Trinajstić information content (AvgIpc) is 3.36. The summed E-state index contributed by atoms with van der Waals surface area (Å²) in [7, 11) is 0. The molecule has 1 amide bonds. The van der Waals surface area contributed by atoms with Crippen molar-refractivity contribution in [2.75, 3.05) is 42.7 Å². The van der Waals surface area contributed by atoms with Gasteiger partial charge in [0.2, 0.25) is 5.58 Å². The third kappa shape index (κ3) is 3.51. The Balaban J connectivity index is 1.57. The molecule has 2 aromatic rings. The topological polar surface area (TPSA) is 94.3 Å². The lowest BCUT2D eigenvalue weighted by Crippen LogP contribution is -2.46. The van der Waals surface area contributed by atoms with Crippen LogP contribution >= 0.6 is 0 Å². The first-order valence-corrected chi connectivity index (χ1v) is 11.0. The standard InChI is InChI=1S/C22H26FN3O6/c1-12-8-25(9-13(2)31-12)19-15(10-27)7-16-20(18(19)23)32-24-21(16)26-17(11-30-22(26)28)14-3-5-29-6-4-14/h7,10,12-14,17H,3-6,8-9,11H2,1-2H3. The van der Waals surface area contributed by atoms with E-state index in [1.807, 2.05) is 13.8 Å². The number of carbonyl (C=O) groups is 2. The van der Waals surface area contributed by atoms with Crippen LogP contribution in [0.25, 0.3) is 11.0 Å². The number of ether oxygens (including phenoxy) is 3. The summed E-state index contributed by atoms with van der Waals surface area (Å²) in [6.45, 7) is 6.16. The van der Waals surface area contributed by atoms with E-state index >= 15 is 4.39 Å². The van der Waals surface area contributed by atoms with Crippen LogP contribution in [0.5, 0.6) is 0 Å². The van der Waals surface area contributed by atoms with E-state index in [0.717, 1.165) is 12.8 Å². The zero-order chi connectivity index (χ0) is 22.4. The molecule has 3 unspecified atom stereocenters. The zero-order valence-corrected chi connectivity index (χ0v) is 18.1. The van der Waals surface area contributed by atoms with Gasteiger partial charge in [0, 0.05) is 31.9 Å². The van der Waals surface area contributed by atoms with Crippen LogP contribution in [0.15, 0.2) is 10.6 Å². The number of hydrogen-bond acceptors (Lipinski definition) is 8. The fourth-order valence-corrected chi connectivity index (χ4v) is 5.11. The van der Waals surface area contributed by atoms with Crippen LogP contribution in [-0.2, 0) is 14.2 Å². The van der Waals surface area contributed by atoms with Gasteiger partial charge in [-0.25, -0.2) is 9.18 Å². The largest absolute Gasteiger partial charge is 0.447 e. The molecule has 3 aliphatic rings. The van der Waals surface area contributed by atoms with Gasteiger partial charge in [-0.1, -0.05) is 5.16 Å². The summed E-state index contributed by atoms with van der Waals surface area (Å²) < 4.78 is 37.5. The molecule has 9 nitrogen and oxygen atoms in total. The number of aldehydes is 1. The molecule has 4 heterocycles. The molecule has 0 bridgehead atoms. The minimum atomic E-state index is -0.667. The number of fused-ring (bicyclic) bond motifs is 1. The summed E-state index contributed by atoms with van der Waals surface area (Å²) >= 11 is 0. The lowest BCUT2D eigenvalue weighted by molar-refractivity contribution is -0.00543. The fraction of sp³-hybridized carbons (Fsp3) is 0.591. The molecule has 3 fully saturated rings. The van der Waals surface area contributed by atoms with E-state index in [-0.39, 0.29) is 58.8 Å². The lowest BCUT2D eigenvalue weighted by Gasteiger charge is -2.37. The highest BCUT2D eigenvalue weighted by Gasteiger charge is 2.42. The first-order valence-electron chi connectivity index (χ1n) is 11.0. The second kappa shape index (κ2) is 8.32. The summed E-state index contributed by atoms with van der Waals surface area (Å²) in [4.78, 5) is 27.8. The lowest BCUT2D eigenvalue weighted by atomic mass is 9.91. The van der Waals surface area contributed by atoms with Gasteiger partial charge in [0.15, 0.2) is 17.9 Å². The minimum Gasteiger partial charge on any atom is -0.447 e. The predicted octanol–water partition coefficient (Wildman–Crippen LogP) is 3.14. The van der Waals surface area contributed by atoms with Crippen molar-refractivity contribution in [2.45, 2.75) is 44.9 Å². The second-order valence-corrected chi connectivity index (χ2v) is 8.76. The van der Waals surface area contributed by atoms with Crippen molar-refractivity contribution in [3.8, 4) is 0 Å². The number of amides is 1. The van der Waals surface area contributed by atoms with Crippen LogP contribution in [0.2, 0.25) is 0 Å². The third-order valence-electron chi connectivity index (χ3n) is 6.50. The molecule has 10 heteroatoms. The van der Waals surface area contributed by atoms with E-state index in [2.05, 4.69) is 5.16 Å². The third-order valence-corrected chi connectivity index (χ3v) is 6.50. The van der Waals surface area contributed by atoms with Gasteiger partial charge in [-0.2, -0.15) is 0 Å². The van der Waals surface area contributed by atoms with Gasteiger partial charge in [-0.3, -0.25) is 9.69 Å². The van der Waals surface area contributed by atoms with Crippen molar-refractivity contribution in [3.63, 3.8) is 0 Å². The number of cyclic esters (lactones) is 1. The van der Waals surface area contributed by atoms with Crippen LogP contribution in [0, 0.1) is 11.7 Å². The van der Waals surface area contributed by atoms with Crippen molar-refractivity contribution in [2.24, 2.45) is 5.92 Å². The molecule has 3 atom stereocenters. The number of halogens is 1. The Bertz CT molecular complexity index is 1030. The number of morpholine rings is 1. The Hall–Kier alpha value is -2.72. The molecule has 1 aromatic heterocycles. The number of hydrogen-bond donors (Lipinski definition) is 0. The number of anilines is 2. The zero-order valence-electron chi connectivity index (χ0n) is 18.1. The summed E-state index contributed by atoms with van der Waals surface area (Å²) in [5.41, 5.74) is 0.260. The quantitative estimate of drug-likeness (QED) is 0.660. The van der Waals surface area contributed by atoms with Crippen molar-refractivity contribution in [1.82, 2.24) is 5.16 Å². The number of nitrogens with zero attached hydrogens (tertiary/aromatic N) is 3. The van der Waals surface area contributed by atoms with Crippen LogP contribution in [0.3, 0.4) is 0 Å². The van der Waals surface area contributed by atoms with Gasteiger partial charge in [0.25, 0.3) is 0 Å². The van der Waals surface area contributed by atoms with E-state index < -0.39 is 11.9 Å². The molecule has 3 aliphatic heterocycles. The first-order chi connectivity index (χ1) is 15.5. The van der Waals surface area contributed by atoms with Crippen molar-refractivity contribution in [1.29, 1.82) is 0 Å². The van der Waals surface area contributed by atoms with Gasteiger partial charge < -0.3 is 23.6 Å².